The van der Waals surface area contributed by atoms with Crippen LogP contribution in [0.15, 0.2) is 41.2 Å². The molecule has 0 amide bonds. The number of aliphatic hydroxyl groups is 1. The number of nitrogens with zero attached hydrogens (tertiary/aromatic N) is 1. The van der Waals surface area contributed by atoms with Gasteiger partial charge in [0.05, 0.1) is 10.9 Å². The molecule has 0 saturated heterocycles. The predicted molar refractivity (Wildman–Crippen MR) is 74.1 cm³/mol. The smallest absolute Gasteiger partial charge is 0.260 e. The molecular formula is C14H15N3O2. The van der Waals surface area contributed by atoms with E-state index in [0.717, 1.165) is 6.42 Å². The topological polar surface area (TPSA) is 78.0 Å². The lowest BCUT2D eigenvalue weighted by Gasteiger charge is -2.13. The first-order chi connectivity index (χ1) is 9.26. The van der Waals surface area contributed by atoms with Crippen molar-refractivity contribution in [2.24, 2.45) is 5.92 Å². The number of aromatic amines is 1. The summed E-state index contributed by atoms with van der Waals surface area (Å²) in [5.74, 6) is 0.654. The molecule has 5 nitrogen and oxygen atoms in total. The lowest BCUT2D eigenvalue weighted by molar-refractivity contribution is 0.250. The van der Waals surface area contributed by atoms with Gasteiger partial charge in [0.1, 0.15) is 0 Å². The van der Waals surface area contributed by atoms with Crippen molar-refractivity contribution in [2.75, 3.05) is 11.9 Å². The quantitative estimate of drug-likeness (QED) is 0.724. The molecule has 3 rings (SSSR count). The zero-order chi connectivity index (χ0) is 13.2. The molecule has 0 spiro atoms. The van der Waals surface area contributed by atoms with E-state index in [-0.39, 0.29) is 24.1 Å². The number of fused-ring (bicyclic) bond motifs is 1. The van der Waals surface area contributed by atoms with Crippen molar-refractivity contribution in [2.45, 2.75) is 12.5 Å². The maximum absolute atomic E-state index is 11.9. The molecule has 3 N–H and O–H groups in total. The first-order valence-corrected chi connectivity index (χ1v) is 6.31. The molecule has 0 radical (unpaired) electrons. The van der Waals surface area contributed by atoms with Gasteiger partial charge in [-0.2, -0.15) is 0 Å². The summed E-state index contributed by atoms with van der Waals surface area (Å²) in [4.78, 5) is 19.0. The van der Waals surface area contributed by atoms with E-state index in [1.54, 1.807) is 6.07 Å². The minimum absolute atomic E-state index is 0.0986. The summed E-state index contributed by atoms with van der Waals surface area (Å²) < 4.78 is 0. The zero-order valence-electron chi connectivity index (χ0n) is 10.3. The van der Waals surface area contributed by atoms with Crippen molar-refractivity contribution in [1.29, 1.82) is 0 Å². The van der Waals surface area contributed by atoms with E-state index in [2.05, 4.69) is 15.3 Å². The number of H-pyrrole nitrogens is 1. The van der Waals surface area contributed by atoms with Crippen molar-refractivity contribution in [1.82, 2.24) is 9.97 Å². The van der Waals surface area contributed by atoms with Crippen LogP contribution in [-0.2, 0) is 0 Å². The highest BCUT2D eigenvalue weighted by Gasteiger charge is 2.18. The van der Waals surface area contributed by atoms with Gasteiger partial charge in [-0.3, -0.25) is 9.78 Å². The highest BCUT2D eigenvalue weighted by molar-refractivity contribution is 5.78. The summed E-state index contributed by atoms with van der Waals surface area (Å²) in [6.07, 6.45) is 4.79. The molecule has 19 heavy (non-hydrogen) atoms. The fourth-order valence-corrected chi connectivity index (χ4v) is 2.35. The van der Waals surface area contributed by atoms with Gasteiger partial charge < -0.3 is 10.4 Å². The zero-order valence-corrected chi connectivity index (χ0v) is 10.3. The Morgan fingerprint density at radius 3 is 3.00 bits per heavy atom. The maximum Gasteiger partial charge on any atom is 0.260 e. The molecule has 0 bridgehead atoms. The van der Waals surface area contributed by atoms with Gasteiger partial charge in [0.15, 0.2) is 0 Å². The number of aromatic nitrogens is 2. The largest absolute Gasteiger partial charge is 0.396 e. The number of benzene rings is 1. The normalized spacial score (nSPS) is 21.9. The average molecular weight is 257 g/mol. The van der Waals surface area contributed by atoms with Gasteiger partial charge in [-0.15, -0.1) is 0 Å². The Morgan fingerprint density at radius 1 is 1.37 bits per heavy atom. The van der Waals surface area contributed by atoms with E-state index in [4.69, 9.17) is 5.11 Å². The van der Waals surface area contributed by atoms with Crippen LogP contribution in [0.1, 0.15) is 6.42 Å². The van der Waals surface area contributed by atoms with Crippen molar-refractivity contribution in [3.05, 3.63) is 46.8 Å². The predicted octanol–water partition coefficient (Wildman–Crippen LogP) is 1.27. The molecule has 1 heterocycles. The fraction of sp³-hybridized carbons (Fsp3) is 0.286. The van der Waals surface area contributed by atoms with Gasteiger partial charge in [0, 0.05) is 18.6 Å². The van der Waals surface area contributed by atoms with E-state index in [1.807, 2.05) is 30.4 Å². The second-order valence-electron chi connectivity index (χ2n) is 4.75. The number of aliphatic hydroxyl groups excluding tert-OH is 1. The Kier molecular flexibility index (Phi) is 3.05. The molecule has 1 aromatic heterocycles. The minimum Gasteiger partial charge on any atom is -0.396 e. The summed E-state index contributed by atoms with van der Waals surface area (Å²) in [6.45, 7) is 0.149. The van der Waals surface area contributed by atoms with Crippen LogP contribution >= 0.6 is 0 Å². The van der Waals surface area contributed by atoms with Crippen molar-refractivity contribution in [3.63, 3.8) is 0 Å². The Balaban J connectivity index is 1.86. The molecule has 0 aliphatic heterocycles. The van der Waals surface area contributed by atoms with E-state index >= 15 is 0 Å². The number of rotatable bonds is 3. The second-order valence-corrected chi connectivity index (χ2v) is 4.75. The number of para-hydroxylation sites is 1. The van der Waals surface area contributed by atoms with E-state index in [1.165, 1.54) is 0 Å². The molecule has 0 fully saturated rings. The lowest BCUT2D eigenvalue weighted by atomic mass is 10.1. The number of hydrogen-bond donors (Lipinski definition) is 3. The van der Waals surface area contributed by atoms with E-state index in [9.17, 15) is 4.79 Å². The van der Waals surface area contributed by atoms with Crippen LogP contribution in [0.25, 0.3) is 10.9 Å². The molecule has 0 saturated carbocycles. The number of hydrogen-bond acceptors (Lipinski definition) is 4. The Hall–Kier alpha value is -2.14. The Morgan fingerprint density at radius 2 is 2.21 bits per heavy atom. The highest BCUT2D eigenvalue weighted by atomic mass is 16.3. The van der Waals surface area contributed by atoms with Gasteiger partial charge in [0.2, 0.25) is 5.95 Å². The van der Waals surface area contributed by atoms with Gasteiger partial charge in [0.25, 0.3) is 5.56 Å². The monoisotopic (exact) mass is 257 g/mol. The van der Waals surface area contributed by atoms with E-state index in [0.29, 0.717) is 16.9 Å². The molecule has 98 valence electrons. The molecule has 1 aliphatic carbocycles. The Bertz CT molecular complexity index is 678. The first kappa shape index (κ1) is 11.9. The highest BCUT2D eigenvalue weighted by Crippen LogP contribution is 2.19. The standard InChI is InChI=1S/C14H15N3O2/c18-8-9-5-6-10(7-9)15-14-16-12-4-2-1-3-11(12)13(19)17-14/h1-6,9-10,18H,7-8H2,(H2,15,16,17,19)/t9-,10+/m0/s1. The molecule has 1 aromatic carbocycles. The van der Waals surface area contributed by atoms with Crippen molar-refractivity contribution < 1.29 is 5.11 Å². The summed E-state index contributed by atoms with van der Waals surface area (Å²) >= 11 is 0. The molecule has 1 aliphatic rings. The van der Waals surface area contributed by atoms with Gasteiger partial charge in [-0.1, -0.05) is 24.3 Å². The van der Waals surface area contributed by atoms with E-state index < -0.39 is 0 Å². The molecule has 2 aromatic rings. The molecule has 2 atom stereocenters. The summed E-state index contributed by atoms with van der Waals surface area (Å²) in [5, 5.41) is 12.8. The third kappa shape index (κ3) is 2.37. The van der Waals surface area contributed by atoms with Gasteiger partial charge >= 0.3 is 0 Å². The van der Waals surface area contributed by atoms with Crippen LogP contribution in [0, 0.1) is 5.92 Å². The molecule has 0 unspecified atom stereocenters. The van der Waals surface area contributed by atoms with Crippen molar-refractivity contribution >= 4 is 16.9 Å². The second kappa shape index (κ2) is 4.85. The number of nitrogens with one attached hydrogen (secondary N) is 2. The van der Waals surface area contributed by atoms with Crippen LogP contribution in [-0.4, -0.2) is 27.7 Å². The third-order valence-corrected chi connectivity index (χ3v) is 3.34. The van der Waals surface area contributed by atoms with Crippen LogP contribution in [0.2, 0.25) is 0 Å². The SMILES string of the molecule is O=c1[nH]c(N[C@@H]2C=C[C@H](CO)C2)nc2ccccc12. The first-order valence-electron chi connectivity index (χ1n) is 6.31. The summed E-state index contributed by atoms with van der Waals surface area (Å²) in [6, 6.07) is 7.34. The van der Waals surface area contributed by atoms with Crippen LogP contribution in [0.4, 0.5) is 5.95 Å². The van der Waals surface area contributed by atoms with Gasteiger partial charge in [-0.25, -0.2) is 4.98 Å². The third-order valence-electron chi connectivity index (χ3n) is 3.34. The van der Waals surface area contributed by atoms with Gasteiger partial charge in [-0.05, 0) is 18.6 Å². The van der Waals surface area contributed by atoms with Crippen molar-refractivity contribution in [3.8, 4) is 0 Å². The number of anilines is 1. The molecular weight excluding hydrogens is 242 g/mol. The minimum atomic E-state index is -0.145. The van der Waals surface area contributed by atoms with Crippen LogP contribution < -0.4 is 10.9 Å². The summed E-state index contributed by atoms with van der Waals surface area (Å²) in [5.41, 5.74) is 0.531. The average Bonchev–Trinajstić information content (AvgIpc) is 2.86. The van der Waals surface area contributed by atoms with Crippen LogP contribution in [0.5, 0.6) is 0 Å². The lowest BCUT2D eigenvalue weighted by Crippen LogP contribution is -2.21. The maximum atomic E-state index is 11.9. The Labute approximate surface area is 110 Å². The fourth-order valence-electron chi connectivity index (χ4n) is 2.35. The molecule has 5 heteroatoms. The summed E-state index contributed by atoms with van der Waals surface area (Å²) in [7, 11) is 0. The van der Waals surface area contributed by atoms with Crippen LogP contribution in [0.3, 0.4) is 0 Å².